The highest BCUT2D eigenvalue weighted by molar-refractivity contribution is 7.85. The van der Waals surface area contributed by atoms with Crippen molar-refractivity contribution in [3.63, 3.8) is 0 Å². The summed E-state index contributed by atoms with van der Waals surface area (Å²) in [5, 5.41) is 0. The number of hydrogen-bond donors (Lipinski definition) is 0. The van der Waals surface area contributed by atoms with Gasteiger partial charge in [0.25, 0.3) is 11.8 Å². The fraction of sp³-hybridized carbons (Fsp3) is 0.200. The number of carbonyl (C=O) groups is 2. The molecule has 2 aliphatic rings. The van der Waals surface area contributed by atoms with Crippen molar-refractivity contribution in [1.29, 1.82) is 0 Å². The second kappa shape index (κ2) is 8.88. The first kappa shape index (κ1) is 21.5. The summed E-state index contributed by atoms with van der Waals surface area (Å²) >= 11 is 0. The molecule has 0 N–H and O–H groups in total. The number of carbonyl (C=O) groups excluding carboxylic acids is 2. The first-order valence-electron chi connectivity index (χ1n) is 10.6. The number of fused-ring (bicyclic) bond motifs is 2. The van der Waals surface area contributed by atoms with Crippen molar-refractivity contribution >= 4 is 28.3 Å². The van der Waals surface area contributed by atoms with Crippen LogP contribution in [0, 0.1) is 5.82 Å². The summed E-state index contributed by atoms with van der Waals surface area (Å²) in [7, 11) is -1.60. The molecule has 0 radical (unpaired) electrons. The Kier molecular flexibility index (Phi) is 5.78. The van der Waals surface area contributed by atoms with Crippen molar-refractivity contribution in [2.45, 2.75) is 16.3 Å². The molecule has 5 rings (SSSR count). The van der Waals surface area contributed by atoms with Gasteiger partial charge in [0.15, 0.2) is 0 Å². The first-order chi connectivity index (χ1) is 16.0. The van der Waals surface area contributed by atoms with Gasteiger partial charge in [-0.3, -0.25) is 9.59 Å². The van der Waals surface area contributed by atoms with Crippen LogP contribution in [0.15, 0.2) is 76.5 Å². The normalized spacial score (nSPS) is 17.8. The second-order valence-electron chi connectivity index (χ2n) is 7.87. The number of nitrogens with zero attached hydrogens (tertiary/aromatic N) is 2. The van der Waals surface area contributed by atoms with E-state index in [4.69, 9.17) is 4.74 Å². The molecule has 1 atom stereocenters. The second-order valence-corrected chi connectivity index (χ2v) is 9.29. The minimum atomic E-state index is -1.60. The Morgan fingerprint density at radius 1 is 0.970 bits per heavy atom. The zero-order chi connectivity index (χ0) is 22.9. The molecule has 1 fully saturated rings. The number of ether oxygens (including phenoxy) is 1. The van der Waals surface area contributed by atoms with Crippen molar-refractivity contribution in [2.24, 2.45) is 0 Å². The molecule has 3 aromatic rings. The molecule has 0 unspecified atom stereocenters. The zero-order valence-corrected chi connectivity index (χ0v) is 18.5. The van der Waals surface area contributed by atoms with E-state index in [2.05, 4.69) is 0 Å². The third-order valence-corrected chi connectivity index (χ3v) is 7.31. The Balaban J connectivity index is 1.61. The van der Waals surface area contributed by atoms with Gasteiger partial charge in [0, 0.05) is 18.7 Å². The third-order valence-electron chi connectivity index (χ3n) is 5.81. The summed E-state index contributed by atoms with van der Waals surface area (Å²) in [6.45, 7) is 2.08. The van der Waals surface area contributed by atoms with Gasteiger partial charge in [-0.2, -0.15) is 0 Å². The maximum atomic E-state index is 13.6. The summed E-state index contributed by atoms with van der Waals surface area (Å²) in [5.41, 5.74) is 1.88. The Bertz CT molecular complexity index is 1260. The van der Waals surface area contributed by atoms with Crippen molar-refractivity contribution in [3.05, 3.63) is 89.2 Å². The van der Waals surface area contributed by atoms with Crippen LogP contribution in [0.4, 0.5) is 10.1 Å². The van der Waals surface area contributed by atoms with Gasteiger partial charge in [-0.25, -0.2) is 8.60 Å². The summed E-state index contributed by atoms with van der Waals surface area (Å²) in [6.07, 6.45) is 0. The van der Waals surface area contributed by atoms with Crippen LogP contribution in [0.5, 0.6) is 0 Å². The molecule has 33 heavy (non-hydrogen) atoms. The van der Waals surface area contributed by atoms with Crippen LogP contribution in [-0.4, -0.2) is 47.2 Å². The lowest BCUT2D eigenvalue weighted by molar-refractivity contribution is 0.0303. The van der Waals surface area contributed by atoms with Gasteiger partial charge in [-0.1, -0.05) is 24.3 Å². The monoisotopic (exact) mass is 464 g/mol. The van der Waals surface area contributed by atoms with Crippen LogP contribution in [0.25, 0.3) is 0 Å². The average Bonchev–Trinajstić information content (AvgIpc) is 2.95. The number of morpholine rings is 1. The summed E-state index contributed by atoms with van der Waals surface area (Å²) in [4.78, 5) is 30.8. The van der Waals surface area contributed by atoms with Crippen molar-refractivity contribution in [3.8, 4) is 0 Å². The van der Waals surface area contributed by atoms with Crippen molar-refractivity contribution in [2.75, 3.05) is 31.2 Å². The van der Waals surface area contributed by atoms with E-state index in [1.807, 2.05) is 0 Å². The highest BCUT2D eigenvalue weighted by atomic mass is 32.2. The molecule has 8 heteroatoms. The highest BCUT2D eigenvalue weighted by Crippen LogP contribution is 2.36. The van der Waals surface area contributed by atoms with Gasteiger partial charge in [0.1, 0.15) is 5.82 Å². The van der Waals surface area contributed by atoms with E-state index in [0.717, 1.165) is 0 Å². The van der Waals surface area contributed by atoms with Crippen LogP contribution in [0.2, 0.25) is 0 Å². The van der Waals surface area contributed by atoms with Gasteiger partial charge in [0.05, 0.1) is 51.6 Å². The molecule has 2 amide bonds. The number of anilines is 1. The summed E-state index contributed by atoms with van der Waals surface area (Å²) in [5.74, 6) is -0.855. The van der Waals surface area contributed by atoms with E-state index in [9.17, 15) is 18.2 Å². The van der Waals surface area contributed by atoms with E-state index < -0.39 is 10.8 Å². The number of rotatable bonds is 3. The molecule has 0 aliphatic carbocycles. The van der Waals surface area contributed by atoms with Crippen LogP contribution in [0.1, 0.15) is 26.3 Å². The molecule has 2 aliphatic heterocycles. The largest absolute Gasteiger partial charge is 0.378 e. The third kappa shape index (κ3) is 4.07. The number of halogens is 1. The number of amides is 2. The summed E-state index contributed by atoms with van der Waals surface area (Å²) < 4.78 is 32.2. The topological polar surface area (TPSA) is 66.9 Å². The summed E-state index contributed by atoms with van der Waals surface area (Å²) in [6, 6.07) is 17.7. The lowest BCUT2D eigenvalue weighted by Crippen LogP contribution is -2.40. The van der Waals surface area contributed by atoms with Crippen LogP contribution >= 0.6 is 0 Å². The molecule has 168 valence electrons. The van der Waals surface area contributed by atoms with Gasteiger partial charge in [-0.05, 0) is 48.0 Å². The fourth-order valence-electron chi connectivity index (χ4n) is 4.07. The van der Waals surface area contributed by atoms with Gasteiger partial charge in [0.2, 0.25) is 0 Å². The Morgan fingerprint density at radius 2 is 1.70 bits per heavy atom. The van der Waals surface area contributed by atoms with E-state index in [1.54, 1.807) is 59.5 Å². The molecule has 6 nitrogen and oxygen atoms in total. The van der Waals surface area contributed by atoms with E-state index in [-0.39, 0.29) is 24.2 Å². The zero-order valence-electron chi connectivity index (χ0n) is 17.7. The first-order valence-corrected chi connectivity index (χ1v) is 11.8. The smallest absolute Gasteiger partial charge is 0.259 e. The van der Waals surface area contributed by atoms with Gasteiger partial charge >= 0.3 is 0 Å². The van der Waals surface area contributed by atoms with Crippen LogP contribution < -0.4 is 4.90 Å². The molecule has 3 aromatic carbocycles. The van der Waals surface area contributed by atoms with E-state index in [1.165, 1.54) is 17.0 Å². The molecule has 1 saturated heterocycles. The predicted octanol–water partition coefficient (Wildman–Crippen LogP) is 3.63. The van der Waals surface area contributed by atoms with E-state index >= 15 is 0 Å². The van der Waals surface area contributed by atoms with Crippen molar-refractivity contribution < 1.29 is 22.9 Å². The fourth-order valence-corrected chi connectivity index (χ4v) is 5.42. The quantitative estimate of drug-likeness (QED) is 0.594. The molecule has 0 spiro atoms. The maximum Gasteiger partial charge on any atom is 0.259 e. The molecule has 0 saturated carbocycles. The lowest BCUT2D eigenvalue weighted by atomic mass is 10.1. The Morgan fingerprint density at radius 3 is 2.45 bits per heavy atom. The van der Waals surface area contributed by atoms with Gasteiger partial charge < -0.3 is 14.5 Å². The van der Waals surface area contributed by atoms with Crippen molar-refractivity contribution in [1.82, 2.24) is 4.90 Å². The Labute approximate surface area is 193 Å². The SMILES string of the molecule is O=C(c1ccc2c(c1)N(Cc1ccc(F)cc1)C(=O)c1ccccc1[S@]2=O)N1CCOCC1. The minimum Gasteiger partial charge on any atom is -0.378 e. The molecule has 0 aromatic heterocycles. The Hall–Kier alpha value is -3.36. The lowest BCUT2D eigenvalue weighted by Gasteiger charge is -2.28. The predicted molar refractivity (Wildman–Crippen MR) is 121 cm³/mol. The molecule has 0 bridgehead atoms. The average molecular weight is 465 g/mol. The number of hydrogen-bond acceptors (Lipinski definition) is 4. The molecular formula is C25H21FN2O4S. The van der Waals surface area contributed by atoms with Gasteiger partial charge in [-0.15, -0.1) is 0 Å². The standard InChI is InChI=1S/C25H21FN2O4S/c26-19-8-5-17(6-9-19)16-28-21-15-18(24(29)27-11-13-32-14-12-27)7-10-23(21)33(31)22-4-2-1-3-20(22)25(28)30/h1-10,15H,11-14,16H2/t33-/m1/s1. The van der Waals surface area contributed by atoms with Crippen LogP contribution in [0.3, 0.4) is 0 Å². The minimum absolute atomic E-state index is 0.146. The maximum absolute atomic E-state index is 13.6. The number of benzene rings is 3. The molecular weight excluding hydrogens is 443 g/mol. The van der Waals surface area contributed by atoms with E-state index in [0.29, 0.717) is 58.5 Å². The molecule has 2 heterocycles. The highest BCUT2D eigenvalue weighted by Gasteiger charge is 2.32. The van der Waals surface area contributed by atoms with Crippen LogP contribution in [-0.2, 0) is 22.1 Å².